The molecule has 0 rings (SSSR count). The number of hydrogen-bond donors (Lipinski definition) is 6. The molecule has 0 saturated carbocycles. The molecule has 0 aromatic rings. The van der Waals surface area contributed by atoms with Crippen LogP contribution in [-0.4, -0.2) is 69.8 Å². The normalized spacial score (nSPS) is 12.8. The first kappa shape index (κ1) is 23.8. The van der Waals surface area contributed by atoms with Crippen LogP contribution in [0.3, 0.4) is 0 Å². The van der Waals surface area contributed by atoms with E-state index in [4.69, 9.17) is 30.6 Å². The van der Waals surface area contributed by atoms with Crippen molar-refractivity contribution in [3.63, 3.8) is 0 Å². The Morgan fingerprint density at radius 1 is 0.684 bits per heavy atom. The molecule has 0 aliphatic rings. The van der Waals surface area contributed by atoms with Crippen LogP contribution in [0, 0.1) is 10.8 Å². The molecule has 0 bridgehead atoms. The molecule has 6 heteroatoms. The van der Waals surface area contributed by atoms with Crippen LogP contribution in [-0.2, 0) is 0 Å². The molecule has 0 aromatic heterocycles. The van der Waals surface area contributed by atoms with Crippen LogP contribution in [0.2, 0.25) is 0 Å². The highest BCUT2D eigenvalue weighted by Crippen LogP contribution is 2.10. The number of rotatable bonds is 5. The van der Waals surface area contributed by atoms with E-state index >= 15 is 0 Å². The van der Waals surface area contributed by atoms with Crippen molar-refractivity contribution in [1.29, 1.82) is 0 Å². The topological polar surface area (TPSA) is 121 Å². The molecule has 0 radical (unpaired) electrons. The van der Waals surface area contributed by atoms with Gasteiger partial charge in [-0.3, -0.25) is 0 Å². The second-order valence-electron chi connectivity index (χ2n) is 5.99. The van der Waals surface area contributed by atoms with E-state index in [9.17, 15) is 0 Å². The van der Waals surface area contributed by atoms with Gasteiger partial charge in [-0.2, -0.15) is 0 Å². The van der Waals surface area contributed by atoms with E-state index in [1.165, 1.54) is 6.92 Å². The number of hydrogen-bond acceptors (Lipinski definition) is 6. The van der Waals surface area contributed by atoms with Gasteiger partial charge in [0, 0.05) is 10.8 Å². The highest BCUT2D eigenvalue weighted by Gasteiger charge is 2.13. The number of aliphatic hydroxyl groups is 6. The molecule has 0 fully saturated rings. The molecule has 120 valence electrons. The second kappa shape index (κ2) is 12.8. The van der Waals surface area contributed by atoms with Crippen molar-refractivity contribution < 1.29 is 30.6 Å². The molecule has 6 nitrogen and oxygen atoms in total. The van der Waals surface area contributed by atoms with Crippen LogP contribution >= 0.6 is 0 Å². The molecule has 1 atom stereocenters. The minimum atomic E-state index is -0.560. The van der Waals surface area contributed by atoms with Crippen molar-refractivity contribution in [2.24, 2.45) is 10.8 Å². The smallest absolute Gasteiger partial charge is 0.0742 e. The molecule has 0 saturated heterocycles. The maximum Gasteiger partial charge on any atom is 0.0742 e. The Balaban J connectivity index is -0.000000206. The molecule has 0 aliphatic heterocycles. The molecule has 6 N–H and O–H groups in total. The summed E-state index contributed by atoms with van der Waals surface area (Å²) in [6.07, 6.45) is -0.560. The van der Waals surface area contributed by atoms with Gasteiger partial charge >= 0.3 is 0 Å². The molecule has 1 unspecified atom stereocenters. The molecule has 0 amide bonds. The Labute approximate surface area is 116 Å². The summed E-state index contributed by atoms with van der Waals surface area (Å²) in [6, 6.07) is 0. The first-order valence-electron chi connectivity index (χ1n) is 6.24. The average Bonchev–Trinajstić information content (AvgIpc) is 2.40. The van der Waals surface area contributed by atoms with Crippen LogP contribution in [0.1, 0.15) is 34.6 Å². The van der Waals surface area contributed by atoms with Crippen LogP contribution in [0.25, 0.3) is 0 Å². The summed E-state index contributed by atoms with van der Waals surface area (Å²) in [5, 5.41) is 49.7. The molecule has 0 aromatic carbocycles. The Kier molecular flexibility index (Phi) is 16.0. The van der Waals surface area contributed by atoms with Gasteiger partial charge in [0.05, 0.1) is 39.1 Å². The van der Waals surface area contributed by atoms with Crippen LogP contribution in [0.4, 0.5) is 0 Å². The SMILES string of the molecule is CC(C)(CO)CO.CC(C)(CO)CO.CC(O)CO. The summed E-state index contributed by atoms with van der Waals surface area (Å²) in [7, 11) is 0. The molecule has 0 spiro atoms. The molecular formula is C13H32O6. The van der Waals surface area contributed by atoms with Gasteiger partial charge < -0.3 is 30.6 Å². The van der Waals surface area contributed by atoms with Crippen LogP contribution < -0.4 is 0 Å². The zero-order chi connectivity index (χ0) is 16.1. The van der Waals surface area contributed by atoms with E-state index in [0.29, 0.717) is 0 Å². The van der Waals surface area contributed by atoms with Crippen LogP contribution in [0.5, 0.6) is 0 Å². The average molecular weight is 284 g/mol. The van der Waals surface area contributed by atoms with Gasteiger partial charge in [0.1, 0.15) is 0 Å². The minimum Gasteiger partial charge on any atom is -0.396 e. The zero-order valence-corrected chi connectivity index (χ0v) is 12.8. The Bertz CT molecular complexity index is 152. The largest absolute Gasteiger partial charge is 0.396 e. The first-order valence-corrected chi connectivity index (χ1v) is 6.24. The van der Waals surface area contributed by atoms with Gasteiger partial charge in [0.15, 0.2) is 0 Å². The Hall–Kier alpha value is -0.240. The van der Waals surface area contributed by atoms with Gasteiger partial charge in [-0.05, 0) is 6.92 Å². The predicted octanol–water partition coefficient (Wildman–Crippen LogP) is -0.646. The summed E-state index contributed by atoms with van der Waals surface area (Å²) < 4.78 is 0. The van der Waals surface area contributed by atoms with Gasteiger partial charge in [-0.25, -0.2) is 0 Å². The van der Waals surface area contributed by atoms with Crippen molar-refractivity contribution in [1.82, 2.24) is 0 Å². The van der Waals surface area contributed by atoms with Gasteiger partial charge in [0.25, 0.3) is 0 Å². The van der Waals surface area contributed by atoms with Crippen molar-refractivity contribution in [2.45, 2.75) is 40.7 Å². The van der Waals surface area contributed by atoms with E-state index in [1.54, 1.807) is 27.7 Å². The van der Waals surface area contributed by atoms with Crippen molar-refractivity contribution in [3.05, 3.63) is 0 Å². The fraction of sp³-hybridized carbons (Fsp3) is 1.00. The lowest BCUT2D eigenvalue weighted by Gasteiger charge is -2.16. The van der Waals surface area contributed by atoms with Crippen LogP contribution in [0.15, 0.2) is 0 Å². The fourth-order valence-corrected chi connectivity index (χ4v) is 0.1000. The molecule has 19 heavy (non-hydrogen) atoms. The third-order valence-corrected chi connectivity index (χ3v) is 1.98. The van der Waals surface area contributed by atoms with E-state index < -0.39 is 6.10 Å². The second-order valence-corrected chi connectivity index (χ2v) is 5.99. The standard InChI is InChI=1S/2C5H12O2.C3H8O2/c2*1-5(2,3-6)4-7;1-3(5)2-4/h2*6-7H,3-4H2,1-2H3;3-5H,2H2,1H3. The quantitative estimate of drug-likeness (QED) is 0.399. The lowest BCUT2D eigenvalue weighted by Crippen LogP contribution is -2.20. The summed E-state index contributed by atoms with van der Waals surface area (Å²) in [6.45, 7) is 8.76. The van der Waals surface area contributed by atoms with Gasteiger partial charge in [-0.1, -0.05) is 27.7 Å². The summed E-state index contributed by atoms with van der Waals surface area (Å²) >= 11 is 0. The van der Waals surface area contributed by atoms with E-state index in [1.807, 2.05) is 0 Å². The van der Waals surface area contributed by atoms with Gasteiger partial charge in [-0.15, -0.1) is 0 Å². The predicted molar refractivity (Wildman–Crippen MR) is 74.7 cm³/mol. The maximum absolute atomic E-state index is 8.43. The highest BCUT2D eigenvalue weighted by molar-refractivity contribution is 4.63. The molecule has 0 aliphatic carbocycles. The van der Waals surface area contributed by atoms with Gasteiger partial charge in [0.2, 0.25) is 0 Å². The molecule has 0 heterocycles. The Morgan fingerprint density at radius 3 is 0.842 bits per heavy atom. The zero-order valence-electron chi connectivity index (χ0n) is 12.8. The molecular weight excluding hydrogens is 252 g/mol. The minimum absolute atomic E-state index is 0.0451. The van der Waals surface area contributed by atoms with Crippen molar-refractivity contribution in [3.8, 4) is 0 Å². The first-order chi connectivity index (χ1) is 8.51. The lowest BCUT2D eigenvalue weighted by atomic mass is 9.97. The number of aliphatic hydroxyl groups excluding tert-OH is 6. The summed E-state index contributed by atoms with van der Waals surface area (Å²) in [5.74, 6) is 0. The summed E-state index contributed by atoms with van der Waals surface area (Å²) in [5.41, 5.74) is -0.611. The third kappa shape index (κ3) is 23.3. The van der Waals surface area contributed by atoms with Crippen molar-refractivity contribution >= 4 is 0 Å². The van der Waals surface area contributed by atoms with Crippen molar-refractivity contribution in [2.75, 3.05) is 33.0 Å². The summed E-state index contributed by atoms with van der Waals surface area (Å²) in [4.78, 5) is 0. The van der Waals surface area contributed by atoms with E-state index in [-0.39, 0.29) is 43.9 Å². The maximum atomic E-state index is 8.43. The highest BCUT2D eigenvalue weighted by atomic mass is 16.3. The van der Waals surface area contributed by atoms with E-state index in [2.05, 4.69) is 0 Å². The Morgan fingerprint density at radius 2 is 0.842 bits per heavy atom. The lowest BCUT2D eigenvalue weighted by molar-refractivity contribution is 0.0855. The monoisotopic (exact) mass is 284 g/mol. The third-order valence-electron chi connectivity index (χ3n) is 1.98. The fourth-order valence-electron chi connectivity index (χ4n) is 0.1000. The van der Waals surface area contributed by atoms with E-state index in [0.717, 1.165) is 0 Å².